The predicted molar refractivity (Wildman–Crippen MR) is 114 cm³/mol. The molecule has 2 N–H and O–H groups in total. The van der Waals surface area contributed by atoms with Gasteiger partial charge in [0.1, 0.15) is 30.1 Å². The smallest absolute Gasteiger partial charge is 0.130 e. The molecule has 1 aromatic heterocycles. The summed E-state index contributed by atoms with van der Waals surface area (Å²) in [4.78, 5) is 4.38. The van der Waals surface area contributed by atoms with Gasteiger partial charge in [-0.2, -0.15) is 0 Å². The van der Waals surface area contributed by atoms with E-state index in [-0.39, 0.29) is 37.4 Å². The minimum absolute atomic E-state index is 0. The fourth-order valence-corrected chi connectivity index (χ4v) is 3.16. The number of halogens is 2. The Bertz CT molecular complexity index is 932. The second kappa shape index (κ2) is 10.4. The lowest BCUT2D eigenvalue weighted by Crippen LogP contribution is -2.35. The van der Waals surface area contributed by atoms with E-state index < -0.39 is 6.10 Å². The van der Waals surface area contributed by atoms with Gasteiger partial charge in [0.05, 0.1) is 6.04 Å². The lowest BCUT2D eigenvalue weighted by atomic mass is 10.1. The van der Waals surface area contributed by atoms with Crippen LogP contribution in [0.1, 0.15) is 28.6 Å². The van der Waals surface area contributed by atoms with Crippen molar-refractivity contribution in [2.24, 2.45) is 7.05 Å². The van der Waals surface area contributed by atoms with Gasteiger partial charge < -0.3 is 19.7 Å². The number of benzene rings is 2. The molecular weight excluding hydrogens is 393 g/mol. The predicted octanol–water partition coefficient (Wildman–Crippen LogP) is 3.72. The van der Waals surface area contributed by atoms with Crippen molar-refractivity contribution in [2.45, 2.75) is 26.0 Å². The number of aliphatic hydroxyl groups is 1. The van der Waals surface area contributed by atoms with Crippen LogP contribution in [0.25, 0.3) is 0 Å². The number of nitrogens with zero attached hydrogens (tertiary/aromatic N) is 2. The maximum atomic E-state index is 13.7. The standard InChI is InChI=1S/C22H26FN3O2.ClH/c1-15-7-8-20(16(2)11-15)28-14-19(27)13-25-21(22-24-9-10-26(22)3)17-5-4-6-18(23)12-17;/h4-12,19,21,25,27H,13-14H2,1-3H3;1H. The highest BCUT2D eigenvalue weighted by atomic mass is 35.5. The van der Waals surface area contributed by atoms with Gasteiger partial charge in [0.2, 0.25) is 0 Å². The summed E-state index contributed by atoms with van der Waals surface area (Å²) < 4.78 is 21.3. The van der Waals surface area contributed by atoms with Crippen molar-refractivity contribution < 1.29 is 14.2 Å². The van der Waals surface area contributed by atoms with E-state index >= 15 is 0 Å². The van der Waals surface area contributed by atoms with Gasteiger partial charge >= 0.3 is 0 Å². The molecule has 0 fully saturated rings. The van der Waals surface area contributed by atoms with Crippen LogP contribution in [0.3, 0.4) is 0 Å². The number of imidazole rings is 1. The maximum Gasteiger partial charge on any atom is 0.130 e. The first-order chi connectivity index (χ1) is 13.4. The Kier molecular flexibility index (Phi) is 8.20. The van der Waals surface area contributed by atoms with Crippen molar-refractivity contribution in [1.29, 1.82) is 0 Å². The summed E-state index contributed by atoms with van der Waals surface area (Å²) in [6, 6.07) is 12.0. The average Bonchev–Trinajstić information content (AvgIpc) is 3.07. The van der Waals surface area contributed by atoms with E-state index in [2.05, 4.69) is 10.3 Å². The van der Waals surface area contributed by atoms with E-state index in [1.165, 1.54) is 17.7 Å². The number of aromatic nitrogens is 2. The molecule has 0 aliphatic heterocycles. The fourth-order valence-electron chi connectivity index (χ4n) is 3.16. The number of ether oxygens (including phenoxy) is 1. The van der Waals surface area contributed by atoms with Gasteiger partial charge in [-0.1, -0.05) is 29.8 Å². The zero-order valence-electron chi connectivity index (χ0n) is 16.8. The molecule has 0 aliphatic carbocycles. The molecule has 2 unspecified atom stereocenters. The number of aliphatic hydroxyl groups excluding tert-OH is 1. The number of nitrogens with one attached hydrogen (secondary N) is 1. The Morgan fingerprint density at radius 3 is 2.66 bits per heavy atom. The summed E-state index contributed by atoms with van der Waals surface area (Å²) in [6.45, 7) is 4.44. The van der Waals surface area contributed by atoms with Crippen molar-refractivity contribution >= 4 is 12.4 Å². The molecule has 0 amide bonds. The van der Waals surface area contributed by atoms with Crippen LogP contribution in [0.2, 0.25) is 0 Å². The van der Waals surface area contributed by atoms with Crippen LogP contribution >= 0.6 is 12.4 Å². The lowest BCUT2D eigenvalue weighted by Gasteiger charge is -2.21. The summed E-state index contributed by atoms with van der Waals surface area (Å²) in [5.41, 5.74) is 2.95. The Labute approximate surface area is 177 Å². The first-order valence-electron chi connectivity index (χ1n) is 9.28. The minimum atomic E-state index is -0.725. The number of hydrogen-bond donors (Lipinski definition) is 2. The monoisotopic (exact) mass is 419 g/mol. The van der Waals surface area contributed by atoms with Crippen LogP contribution in [0.15, 0.2) is 54.9 Å². The molecule has 0 spiro atoms. The Balaban J connectivity index is 0.00000300. The van der Waals surface area contributed by atoms with Crippen molar-refractivity contribution in [3.05, 3.63) is 83.2 Å². The first-order valence-corrected chi connectivity index (χ1v) is 9.28. The molecule has 2 aromatic carbocycles. The zero-order valence-corrected chi connectivity index (χ0v) is 17.6. The molecule has 0 aliphatic rings. The van der Waals surface area contributed by atoms with E-state index in [1.54, 1.807) is 12.3 Å². The fraction of sp³-hybridized carbons (Fsp3) is 0.318. The quantitative estimate of drug-likeness (QED) is 0.584. The van der Waals surface area contributed by atoms with E-state index in [0.29, 0.717) is 0 Å². The first kappa shape index (κ1) is 22.9. The largest absolute Gasteiger partial charge is 0.491 e. The van der Waals surface area contributed by atoms with Gasteiger partial charge in [-0.05, 0) is 43.2 Å². The molecule has 7 heteroatoms. The topological polar surface area (TPSA) is 59.3 Å². The van der Waals surface area contributed by atoms with Crippen LogP contribution in [-0.2, 0) is 7.05 Å². The van der Waals surface area contributed by atoms with E-state index in [0.717, 1.165) is 22.7 Å². The molecule has 0 saturated carbocycles. The van der Waals surface area contributed by atoms with Crippen molar-refractivity contribution in [1.82, 2.24) is 14.9 Å². The third-order valence-corrected chi connectivity index (χ3v) is 4.62. The van der Waals surface area contributed by atoms with Crippen LogP contribution in [0, 0.1) is 19.7 Å². The molecule has 156 valence electrons. The summed E-state index contributed by atoms with van der Waals surface area (Å²) in [5.74, 6) is 1.20. The van der Waals surface area contributed by atoms with Gasteiger partial charge in [-0.25, -0.2) is 9.37 Å². The van der Waals surface area contributed by atoms with Crippen molar-refractivity contribution in [2.75, 3.05) is 13.2 Å². The molecule has 29 heavy (non-hydrogen) atoms. The molecule has 0 saturated heterocycles. The van der Waals surface area contributed by atoms with Crippen LogP contribution in [-0.4, -0.2) is 33.9 Å². The lowest BCUT2D eigenvalue weighted by molar-refractivity contribution is 0.104. The Morgan fingerprint density at radius 1 is 1.21 bits per heavy atom. The van der Waals surface area contributed by atoms with Crippen LogP contribution in [0.4, 0.5) is 4.39 Å². The molecule has 3 rings (SSSR count). The highest BCUT2D eigenvalue weighted by Gasteiger charge is 2.20. The normalized spacial score (nSPS) is 12.9. The van der Waals surface area contributed by atoms with Crippen molar-refractivity contribution in [3.63, 3.8) is 0 Å². The molecular formula is C22H27ClFN3O2. The molecule has 0 radical (unpaired) electrons. The minimum Gasteiger partial charge on any atom is -0.491 e. The van der Waals surface area contributed by atoms with Gasteiger partial charge in [-0.3, -0.25) is 0 Å². The highest BCUT2D eigenvalue weighted by molar-refractivity contribution is 5.85. The van der Waals surface area contributed by atoms with Gasteiger partial charge in [0.25, 0.3) is 0 Å². The Hall–Kier alpha value is -2.41. The maximum absolute atomic E-state index is 13.7. The zero-order chi connectivity index (χ0) is 20.1. The van der Waals surface area contributed by atoms with Crippen LogP contribution < -0.4 is 10.1 Å². The van der Waals surface area contributed by atoms with Crippen LogP contribution in [0.5, 0.6) is 5.75 Å². The summed E-state index contributed by atoms with van der Waals surface area (Å²) in [6.07, 6.45) is 2.81. The summed E-state index contributed by atoms with van der Waals surface area (Å²) in [5, 5.41) is 13.7. The molecule has 3 aromatic rings. The second-order valence-electron chi connectivity index (χ2n) is 7.03. The molecule has 1 heterocycles. The number of hydrogen-bond acceptors (Lipinski definition) is 4. The SMILES string of the molecule is Cc1ccc(OCC(O)CNC(c2cccc(F)c2)c2nccn2C)c(C)c1.Cl. The third kappa shape index (κ3) is 6.03. The highest BCUT2D eigenvalue weighted by Crippen LogP contribution is 2.22. The average molecular weight is 420 g/mol. The number of aryl methyl sites for hydroxylation is 3. The van der Waals surface area contributed by atoms with Crippen molar-refractivity contribution in [3.8, 4) is 5.75 Å². The molecule has 5 nitrogen and oxygen atoms in total. The summed E-state index contributed by atoms with van der Waals surface area (Å²) >= 11 is 0. The Morgan fingerprint density at radius 2 is 2.00 bits per heavy atom. The molecule has 0 bridgehead atoms. The van der Waals surface area contributed by atoms with Gasteiger partial charge in [-0.15, -0.1) is 12.4 Å². The van der Waals surface area contributed by atoms with Gasteiger partial charge in [0.15, 0.2) is 0 Å². The van der Waals surface area contributed by atoms with E-state index in [4.69, 9.17) is 4.74 Å². The third-order valence-electron chi connectivity index (χ3n) is 4.62. The van der Waals surface area contributed by atoms with E-state index in [1.807, 2.05) is 55.9 Å². The second-order valence-corrected chi connectivity index (χ2v) is 7.03. The van der Waals surface area contributed by atoms with Gasteiger partial charge in [0, 0.05) is 26.0 Å². The number of rotatable bonds is 8. The molecule has 2 atom stereocenters. The summed E-state index contributed by atoms with van der Waals surface area (Å²) in [7, 11) is 1.88. The van der Waals surface area contributed by atoms with E-state index in [9.17, 15) is 9.50 Å².